The topological polar surface area (TPSA) is 72.5 Å². The summed E-state index contributed by atoms with van der Waals surface area (Å²) >= 11 is 0. The van der Waals surface area contributed by atoms with E-state index < -0.39 is 10.0 Å². The molecule has 0 fully saturated rings. The lowest BCUT2D eigenvalue weighted by Crippen LogP contribution is -2.39. The lowest BCUT2D eigenvalue weighted by atomic mass is 9.84. The summed E-state index contributed by atoms with van der Waals surface area (Å²) in [5.41, 5.74) is 3.45. The molecule has 1 aliphatic carbocycles. The van der Waals surface area contributed by atoms with Crippen LogP contribution in [-0.2, 0) is 27.6 Å². The van der Waals surface area contributed by atoms with Crippen molar-refractivity contribution in [2.45, 2.75) is 37.1 Å². The fraction of sp³-hybridized carbons (Fsp3) is 0.261. The molecule has 0 heterocycles. The van der Waals surface area contributed by atoms with Crippen molar-refractivity contribution >= 4 is 26.8 Å². The molecule has 1 unspecified atom stereocenters. The molecule has 4 rings (SSSR count). The van der Waals surface area contributed by atoms with Crippen molar-refractivity contribution in [2.24, 2.45) is 0 Å². The molecule has 0 aliphatic heterocycles. The Balaban J connectivity index is 1.63. The molecule has 1 atom stereocenters. The number of hydrogen-bond donors (Lipinski definition) is 1. The van der Waals surface area contributed by atoms with Gasteiger partial charge in [-0.1, -0.05) is 48.5 Å². The average Bonchev–Trinajstić information content (AvgIpc) is 2.72. The zero-order chi connectivity index (χ0) is 20.6. The number of aryl methyl sites for hydroxylation is 1. The lowest BCUT2D eigenvalue weighted by Gasteiger charge is -2.27. The van der Waals surface area contributed by atoms with Gasteiger partial charge in [0.2, 0.25) is 10.0 Å². The first kappa shape index (κ1) is 19.6. The molecule has 150 valence electrons. The molecule has 5 nitrogen and oxygen atoms in total. The van der Waals surface area contributed by atoms with Crippen LogP contribution in [0.15, 0.2) is 59.5 Å². The van der Waals surface area contributed by atoms with Crippen molar-refractivity contribution < 1.29 is 17.9 Å². The van der Waals surface area contributed by atoms with Crippen LogP contribution in [0.25, 0.3) is 10.8 Å². The molecule has 0 radical (unpaired) electrons. The highest BCUT2D eigenvalue weighted by atomic mass is 32.2. The third-order valence-electron chi connectivity index (χ3n) is 5.58. The van der Waals surface area contributed by atoms with Gasteiger partial charge in [-0.3, -0.25) is 0 Å². The SMILES string of the molecule is COC(=O)c1c(C)ccc2c1CCC(NS(=O)(=O)c1cccc3ccccc13)C2. The van der Waals surface area contributed by atoms with Crippen LogP contribution in [0, 0.1) is 6.92 Å². The van der Waals surface area contributed by atoms with Crippen LogP contribution in [0.2, 0.25) is 0 Å². The summed E-state index contributed by atoms with van der Waals surface area (Å²) < 4.78 is 34.1. The van der Waals surface area contributed by atoms with Gasteiger partial charge in [0.15, 0.2) is 0 Å². The molecule has 0 amide bonds. The number of esters is 1. The molecule has 6 heteroatoms. The number of carbonyl (C=O) groups excluding carboxylic acids is 1. The van der Waals surface area contributed by atoms with Crippen LogP contribution < -0.4 is 4.72 Å². The zero-order valence-corrected chi connectivity index (χ0v) is 17.3. The number of carbonyl (C=O) groups is 1. The molecule has 3 aromatic carbocycles. The summed E-state index contributed by atoms with van der Waals surface area (Å²) in [6.45, 7) is 1.89. The van der Waals surface area contributed by atoms with Gasteiger partial charge in [-0.05, 0) is 54.3 Å². The molecule has 0 spiro atoms. The second-order valence-electron chi connectivity index (χ2n) is 7.43. The number of rotatable bonds is 4. The van der Waals surface area contributed by atoms with Crippen molar-refractivity contribution in [3.63, 3.8) is 0 Å². The van der Waals surface area contributed by atoms with Gasteiger partial charge in [0.1, 0.15) is 0 Å². The first-order valence-electron chi connectivity index (χ1n) is 9.60. The highest BCUT2D eigenvalue weighted by molar-refractivity contribution is 7.89. The highest BCUT2D eigenvalue weighted by Gasteiger charge is 2.28. The number of ether oxygens (including phenoxy) is 1. The summed E-state index contributed by atoms with van der Waals surface area (Å²) in [4.78, 5) is 12.5. The van der Waals surface area contributed by atoms with Crippen molar-refractivity contribution in [3.8, 4) is 0 Å². The number of nitrogens with one attached hydrogen (secondary N) is 1. The Morgan fingerprint density at radius 1 is 1.07 bits per heavy atom. The van der Waals surface area contributed by atoms with Crippen LogP contribution >= 0.6 is 0 Å². The molecule has 0 saturated heterocycles. The maximum absolute atomic E-state index is 13.1. The minimum absolute atomic E-state index is 0.223. The standard InChI is InChI=1S/C23H23NO4S/c1-15-10-11-17-14-18(12-13-20(17)22(15)23(25)28-2)24-29(26,27)21-9-5-7-16-6-3-4-8-19(16)21/h3-11,18,24H,12-14H2,1-2H3. The van der Waals surface area contributed by atoms with Gasteiger partial charge in [0, 0.05) is 11.4 Å². The quantitative estimate of drug-likeness (QED) is 0.666. The van der Waals surface area contributed by atoms with Crippen LogP contribution in [0.4, 0.5) is 0 Å². The summed E-state index contributed by atoms with van der Waals surface area (Å²) in [5, 5.41) is 1.60. The van der Waals surface area contributed by atoms with E-state index in [0.717, 1.165) is 22.1 Å². The highest BCUT2D eigenvalue weighted by Crippen LogP contribution is 2.29. The smallest absolute Gasteiger partial charge is 0.338 e. The van der Waals surface area contributed by atoms with Crippen LogP contribution in [0.1, 0.15) is 33.5 Å². The Morgan fingerprint density at radius 3 is 2.62 bits per heavy atom. The number of hydrogen-bond acceptors (Lipinski definition) is 4. The fourth-order valence-electron chi connectivity index (χ4n) is 4.17. The van der Waals surface area contributed by atoms with E-state index in [1.54, 1.807) is 12.1 Å². The molecular formula is C23H23NO4S. The third kappa shape index (κ3) is 3.66. The van der Waals surface area contributed by atoms with E-state index in [2.05, 4.69) is 4.72 Å². The average molecular weight is 410 g/mol. The summed E-state index contributed by atoms with van der Waals surface area (Å²) in [6.07, 6.45) is 1.80. The minimum Gasteiger partial charge on any atom is -0.465 e. The molecule has 3 aromatic rings. The van der Waals surface area contributed by atoms with Crippen molar-refractivity contribution in [1.29, 1.82) is 0 Å². The number of fused-ring (bicyclic) bond motifs is 2. The molecule has 0 aromatic heterocycles. The van der Waals surface area contributed by atoms with Gasteiger partial charge in [0.25, 0.3) is 0 Å². The van der Waals surface area contributed by atoms with E-state index in [0.29, 0.717) is 35.1 Å². The van der Waals surface area contributed by atoms with Crippen molar-refractivity contribution in [3.05, 3.63) is 76.9 Å². The Kier molecular flexibility index (Phi) is 5.15. The molecule has 0 bridgehead atoms. The van der Waals surface area contributed by atoms with E-state index in [4.69, 9.17) is 4.74 Å². The Hall–Kier alpha value is -2.70. The van der Waals surface area contributed by atoms with Gasteiger partial charge in [-0.25, -0.2) is 17.9 Å². The first-order valence-corrected chi connectivity index (χ1v) is 11.1. The minimum atomic E-state index is -3.67. The van der Waals surface area contributed by atoms with E-state index in [1.165, 1.54) is 7.11 Å². The lowest BCUT2D eigenvalue weighted by molar-refractivity contribution is 0.0598. The normalized spacial score (nSPS) is 16.4. The molecular weight excluding hydrogens is 386 g/mol. The maximum atomic E-state index is 13.1. The molecule has 1 aliphatic rings. The summed E-state index contributed by atoms with van der Waals surface area (Å²) in [6, 6.07) is 16.4. The number of methoxy groups -OCH3 is 1. The van der Waals surface area contributed by atoms with Gasteiger partial charge < -0.3 is 4.74 Å². The second kappa shape index (κ2) is 7.61. The number of benzene rings is 3. The Bertz CT molecular complexity index is 1200. The van der Waals surface area contributed by atoms with Crippen molar-refractivity contribution in [2.75, 3.05) is 7.11 Å². The predicted octanol–water partition coefficient (Wildman–Crippen LogP) is 3.77. The second-order valence-corrected chi connectivity index (χ2v) is 9.11. The van der Waals surface area contributed by atoms with Crippen LogP contribution in [0.3, 0.4) is 0 Å². The van der Waals surface area contributed by atoms with Gasteiger partial charge in [-0.15, -0.1) is 0 Å². The maximum Gasteiger partial charge on any atom is 0.338 e. The Labute approximate surface area is 170 Å². The van der Waals surface area contributed by atoms with Crippen molar-refractivity contribution in [1.82, 2.24) is 4.72 Å². The van der Waals surface area contributed by atoms with E-state index in [1.807, 2.05) is 49.4 Å². The van der Waals surface area contributed by atoms with Gasteiger partial charge in [0.05, 0.1) is 17.6 Å². The van der Waals surface area contributed by atoms with E-state index in [-0.39, 0.29) is 12.0 Å². The van der Waals surface area contributed by atoms with Crippen LogP contribution in [-0.4, -0.2) is 27.5 Å². The molecule has 0 saturated carbocycles. The summed E-state index contributed by atoms with van der Waals surface area (Å²) in [5.74, 6) is -0.339. The molecule has 1 N–H and O–H groups in total. The first-order chi connectivity index (χ1) is 13.9. The largest absolute Gasteiger partial charge is 0.465 e. The summed E-state index contributed by atoms with van der Waals surface area (Å²) in [7, 11) is -2.29. The fourth-order valence-corrected chi connectivity index (χ4v) is 5.67. The Morgan fingerprint density at radius 2 is 1.83 bits per heavy atom. The zero-order valence-electron chi connectivity index (χ0n) is 16.4. The van der Waals surface area contributed by atoms with Gasteiger partial charge in [-0.2, -0.15) is 0 Å². The van der Waals surface area contributed by atoms with Crippen LogP contribution in [0.5, 0.6) is 0 Å². The monoisotopic (exact) mass is 409 g/mol. The third-order valence-corrected chi connectivity index (χ3v) is 7.16. The van der Waals surface area contributed by atoms with E-state index in [9.17, 15) is 13.2 Å². The molecule has 29 heavy (non-hydrogen) atoms. The predicted molar refractivity (Wildman–Crippen MR) is 113 cm³/mol. The van der Waals surface area contributed by atoms with Gasteiger partial charge >= 0.3 is 5.97 Å². The number of sulfonamides is 1. The van der Waals surface area contributed by atoms with E-state index >= 15 is 0 Å².